The van der Waals surface area contributed by atoms with Gasteiger partial charge in [-0.25, -0.2) is 0 Å². The normalized spacial score (nSPS) is 26.6. The number of hydrogen-bond acceptors (Lipinski definition) is 4. The third-order valence-electron chi connectivity index (χ3n) is 5.69. The summed E-state index contributed by atoms with van der Waals surface area (Å²) in [5, 5.41) is 12.7. The molecule has 0 radical (unpaired) electrons. The topological polar surface area (TPSA) is 99.2 Å². The SMILES string of the molecule is CC(CN1CCCC(C#N)(NC(=O)CCC2CCCCC2)C1)C(N)=O. The Bertz CT molecular complexity index is 510. The first-order chi connectivity index (χ1) is 11.9. The molecule has 0 bridgehead atoms. The number of carbonyl (C=O) groups excluding carboxylic acids is 2. The zero-order chi connectivity index (χ0) is 18.3. The van der Waals surface area contributed by atoms with Crippen LogP contribution in [0.15, 0.2) is 0 Å². The number of amides is 2. The number of nitriles is 1. The van der Waals surface area contributed by atoms with Crippen LogP contribution in [0.3, 0.4) is 0 Å². The minimum absolute atomic E-state index is 0.0167. The van der Waals surface area contributed by atoms with E-state index in [9.17, 15) is 14.9 Å². The van der Waals surface area contributed by atoms with E-state index in [0.29, 0.717) is 31.8 Å². The fourth-order valence-electron chi connectivity index (χ4n) is 4.14. The van der Waals surface area contributed by atoms with E-state index in [1.165, 1.54) is 32.1 Å². The van der Waals surface area contributed by atoms with E-state index in [0.717, 1.165) is 19.4 Å². The van der Waals surface area contributed by atoms with E-state index in [2.05, 4.69) is 16.3 Å². The van der Waals surface area contributed by atoms with Crippen LogP contribution in [0, 0.1) is 23.2 Å². The lowest BCUT2D eigenvalue weighted by Crippen LogP contribution is -2.58. The van der Waals surface area contributed by atoms with Crippen molar-refractivity contribution in [2.45, 2.75) is 70.3 Å². The lowest BCUT2D eigenvalue weighted by Gasteiger charge is -2.39. The molecule has 2 fully saturated rings. The number of rotatable bonds is 7. The number of nitrogens with zero attached hydrogens (tertiary/aromatic N) is 2. The average Bonchev–Trinajstić information content (AvgIpc) is 2.61. The highest BCUT2D eigenvalue weighted by Crippen LogP contribution is 2.27. The molecule has 2 atom stereocenters. The van der Waals surface area contributed by atoms with Gasteiger partial charge in [-0.1, -0.05) is 39.0 Å². The van der Waals surface area contributed by atoms with Gasteiger partial charge in [0, 0.05) is 25.4 Å². The minimum atomic E-state index is -0.834. The molecule has 2 aliphatic rings. The summed E-state index contributed by atoms with van der Waals surface area (Å²) < 4.78 is 0. The van der Waals surface area contributed by atoms with Crippen molar-refractivity contribution in [1.82, 2.24) is 10.2 Å². The Kier molecular flexibility index (Phi) is 7.24. The van der Waals surface area contributed by atoms with E-state index in [1.807, 2.05) is 0 Å². The van der Waals surface area contributed by atoms with E-state index in [-0.39, 0.29) is 17.7 Å². The Hall–Kier alpha value is -1.61. The zero-order valence-corrected chi connectivity index (χ0v) is 15.4. The summed E-state index contributed by atoms with van der Waals surface area (Å²) in [5.74, 6) is 0.0647. The van der Waals surface area contributed by atoms with Gasteiger partial charge in [-0.2, -0.15) is 5.26 Å². The van der Waals surface area contributed by atoms with E-state index < -0.39 is 5.54 Å². The molecule has 2 amide bonds. The fourth-order valence-corrected chi connectivity index (χ4v) is 4.14. The summed E-state index contributed by atoms with van der Waals surface area (Å²) in [4.78, 5) is 25.8. The van der Waals surface area contributed by atoms with Crippen molar-refractivity contribution in [1.29, 1.82) is 5.26 Å². The van der Waals surface area contributed by atoms with E-state index in [4.69, 9.17) is 5.73 Å². The van der Waals surface area contributed by atoms with Gasteiger partial charge in [-0.15, -0.1) is 0 Å². The standard InChI is InChI=1S/C19H32N4O2/c1-15(18(21)25)12-23-11-5-10-19(13-20,14-23)22-17(24)9-8-16-6-3-2-4-7-16/h15-16H,2-12,14H2,1H3,(H2,21,25)(H,22,24). The van der Waals surface area contributed by atoms with Crippen molar-refractivity contribution in [3.05, 3.63) is 0 Å². The lowest BCUT2D eigenvalue weighted by atomic mass is 9.85. The molecule has 3 N–H and O–H groups in total. The number of likely N-dealkylation sites (tertiary alicyclic amines) is 1. The maximum atomic E-state index is 12.4. The Balaban J connectivity index is 1.84. The summed E-state index contributed by atoms with van der Waals surface area (Å²) in [5.41, 5.74) is 4.51. The fraction of sp³-hybridized carbons (Fsp3) is 0.842. The minimum Gasteiger partial charge on any atom is -0.369 e. The predicted octanol–water partition coefficient (Wildman–Crippen LogP) is 1.94. The smallest absolute Gasteiger partial charge is 0.221 e. The van der Waals surface area contributed by atoms with Gasteiger partial charge in [0.05, 0.1) is 6.07 Å². The van der Waals surface area contributed by atoms with Gasteiger partial charge >= 0.3 is 0 Å². The Morgan fingerprint density at radius 1 is 1.32 bits per heavy atom. The van der Waals surface area contributed by atoms with Crippen molar-refractivity contribution >= 4 is 11.8 Å². The molecule has 0 aromatic rings. The van der Waals surface area contributed by atoms with Crippen LogP contribution in [0.5, 0.6) is 0 Å². The number of primary amides is 1. The third kappa shape index (κ3) is 6.00. The van der Waals surface area contributed by atoms with Crippen LogP contribution >= 0.6 is 0 Å². The molecule has 1 heterocycles. The van der Waals surface area contributed by atoms with Crippen LogP contribution in [0.1, 0.15) is 64.7 Å². The highest BCUT2D eigenvalue weighted by Gasteiger charge is 2.37. The second kappa shape index (κ2) is 9.19. The molecular weight excluding hydrogens is 316 g/mol. The monoisotopic (exact) mass is 348 g/mol. The number of piperidine rings is 1. The van der Waals surface area contributed by atoms with Crippen LogP contribution in [0.25, 0.3) is 0 Å². The van der Waals surface area contributed by atoms with Crippen LogP contribution in [-0.2, 0) is 9.59 Å². The van der Waals surface area contributed by atoms with Crippen molar-refractivity contribution < 1.29 is 9.59 Å². The van der Waals surface area contributed by atoms with Gasteiger partial charge in [0.2, 0.25) is 11.8 Å². The summed E-state index contributed by atoms with van der Waals surface area (Å²) in [6, 6.07) is 2.33. The first-order valence-electron chi connectivity index (χ1n) is 9.68. The van der Waals surface area contributed by atoms with E-state index in [1.54, 1.807) is 6.92 Å². The van der Waals surface area contributed by atoms with Crippen LogP contribution < -0.4 is 11.1 Å². The quantitative estimate of drug-likeness (QED) is 0.734. The Labute approximate surface area is 151 Å². The van der Waals surface area contributed by atoms with E-state index >= 15 is 0 Å². The molecule has 1 aliphatic carbocycles. The maximum Gasteiger partial charge on any atom is 0.221 e. The summed E-state index contributed by atoms with van der Waals surface area (Å²) >= 11 is 0. The Morgan fingerprint density at radius 2 is 2.04 bits per heavy atom. The largest absolute Gasteiger partial charge is 0.369 e. The highest BCUT2D eigenvalue weighted by atomic mass is 16.2. The van der Waals surface area contributed by atoms with Crippen molar-refractivity contribution in [3.8, 4) is 6.07 Å². The molecule has 0 aromatic heterocycles. The lowest BCUT2D eigenvalue weighted by molar-refractivity contribution is -0.124. The number of carbonyl (C=O) groups is 2. The zero-order valence-electron chi connectivity index (χ0n) is 15.4. The molecule has 25 heavy (non-hydrogen) atoms. The summed E-state index contributed by atoms with van der Waals surface area (Å²) in [6.45, 7) is 3.64. The van der Waals surface area contributed by atoms with Gasteiger partial charge in [0.25, 0.3) is 0 Å². The van der Waals surface area contributed by atoms with Crippen molar-refractivity contribution in [2.24, 2.45) is 17.6 Å². The molecule has 1 aliphatic heterocycles. The average molecular weight is 348 g/mol. The van der Waals surface area contributed by atoms with Crippen LogP contribution in [0.4, 0.5) is 0 Å². The van der Waals surface area contributed by atoms with Crippen LogP contribution in [-0.4, -0.2) is 41.9 Å². The molecule has 6 nitrogen and oxygen atoms in total. The van der Waals surface area contributed by atoms with Crippen molar-refractivity contribution in [2.75, 3.05) is 19.6 Å². The molecule has 6 heteroatoms. The first-order valence-corrected chi connectivity index (χ1v) is 9.68. The first kappa shape index (κ1) is 19.7. The van der Waals surface area contributed by atoms with Gasteiger partial charge in [0.15, 0.2) is 0 Å². The highest BCUT2D eigenvalue weighted by molar-refractivity contribution is 5.77. The molecular formula is C19H32N4O2. The van der Waals surface area contributed by atoms with Gasteiger partial charge in [-0.3, -0.25) is 14.5 Å². The van der Waals surface area contributed by atoms with Gasteiger partial charge < -0.3 is 11.1 Å². The predicted molar refractivity (Wildman–Crippen MR) is 96.3 cm³/mol. The molecule has 1 saturated heterocycles. The number of hydrogen-bond donors (Lipinski definition) is 2. The molecule has 0 spiro atoms. The third-order valence-corrected chi connectivity index (χ3v) is 5.69. The Morgan fingerprint density at radius 3 is 2.68 bits per heavy atom. The molecule has 2 unspecified atom stereocenters. The molecule has 140 valence electrons. The maximum absolute atomic E-state index is 12.4. The second-order valence-electron chi connectivity index (χ2n) is 7.93. The summed E-state index contributed by atoms with van der Waals surface area (Å²) in [6.07, 6.45) is 9.27. The van der Waals surface area contributed by atoms with Gasteiger partial charge in [-0.05, 0) is 31.7 Å². The second-order valence-corrected chi connectivity index (χ2v) is 7.93. The molecule has 0 aromatic carbocycles. The number of nitrogens with one attached hydrogen (secondary N) is 1. The molecule has 1 saturated carbocycles. The van der Waals surface area contributed by atoms with Gasteiger partial charge in [0.1, 0.15) is 5.54 Å². The summed E-state index contributed by atoms with van der Waals surface area (Å²) in [7, 11) is 0. The number of nitrogens with two attached hydrogens (primary N) is 1. The molecule has 2 rings (SSSR count). The van der Waals surface area contributed by atoms with Crippen LogP contribution in [0.2, 0.25) is 0 Å². The van der Waals surface area contributed by atoms with Crippen molar-refractivity contribution in [3.63, 3.8) is 0 Å².